The van der Waals surface area contributed by atoms with Gasteiger partial charge in [-0.05, 0) is 24.0 Å². The number of aromatic nitrogens is 2. The summed E-state index contributed by atoms with van der Waals surface area (Å²) in [5.41, 5.74) is 4.01. The van der Waals surface area contributed by atoms with Crippen LogP contribution in [-0.2, 0) is 5.41 Å². The molecule has 0 spiro atoms. The zero-order chi connectivity index (χ0) is 18.9. The largest absolute Gasteiger partial charge is 0.356 e. The van der Waals surface area contributed by atoms with E-state index in [2.05, 4.69) is 48.2 Å². The summed E-state index contributed by atoms with van der Waals surface area (Å²) in [4.78, 5) is 30.9. The number of nitrogens with zero attached hydrogens (tertiary/aromatic N) is 1. The first-order valence-corrected chi connectivity index (χ1v) is 9.19. The minimum atomic E-state index is -0.318. The number of ketones is 1. The lowest BCUT2D eigenvalue weighted by Gasteiger charge is -2.18. The van der Waals surface area contributed by atoms with Gasteiger partial charge < -0.3 is 4.98 Å². The summed E-state index contributed by atoms with van der Waals surface area (Å²) in [6, 6.07) is 9.85. The molecular weight excluding hydrogens is 346 g/mol. The molecule has 0 saturated heterocycles. The summed E-state index contributed by atoms with van der Waals surface area (Å²) >= 11 is 1.37. The van der Waals surface area contributed by atoms with E-state index in [1.807, 2.05) is 17.5 Å². The van der Waals surface area contributed by atoms with E-state index in [0.717, 1.165) is 11.3 Å². The van der Waals surface area contributed by atoms with Crippen LogP contribution in [-0.4, -0.2) is 21.7 Å². The Kier molecular flexibility index (Phi) is 4.78. The van der Waals surface area contributed by atoms with Crippen molar-refractivity contribution in [2.24, 2.45) is 0 Å². The normalized spacial score (nSPS) is 11.4. The van der Waals surface area contributed by atoms with Gasteiger partial charge in [-0.25, -0.2) is 4.98 Å². The number of aromatic amines is 1. The van der Waals surface area contributed by atoms with E-state index in [1.54, 1.807) is 0 Å². The predicted octanol–water partition coefficient (Wildman–Crippen LogP) is 4.89. The number of hydrogen-bond donors (Lipinski definition) is 2. The van der Waals surface area contributed by atoms with Gasteiger partial charge in [0.1, 0.15) is 5.69 Å². The van der Waals surface area contributed by atoms with Gasteiger partial charge >= 0.3 is 0 Å². The molecule has 2 N–H and O–H groups in total. The Morgan fingerprint density at radius 1 is 1.15 bits per heavy atom. The molecular formula is C20H21N3O2S. The average Bonchev–Trinajstić information content (AvgIpc) is 3.23. The van der Waals surface area contributed by atoms with E-state index in [-0.39, 0.29) is 17.1 Å². The molecule has 0 aliphatic rings. The number of carbonyl (C=O) groups is 2. The Hall–Kier alpha value is -2.73. The van der Waals surface area contributed by atoms with E-state index in [4.69, 9.17) is 0 Å². The Morgan fingerprint density at radius 2 is 1.85 bits per heavy atom. The maximum absolute atomic E-state index is 12.3. The Bertz CT molecular complexity index is 946. The zero-order valence-electron chi connectivity index (χ0n) is 15.2. The van der Waals surface area contributed by atoms with Gasteiger partial charge in [-0.1, -0.05) is 45.0 Å². The average molecular weight is 367 g/mol. The fourth-order valence-corrected chi connectivity index (χ4v) is 3.21. The van der Waals surface area contributed by atoms with Crippen molar-refractivity contribution in [2.45, 2.75) is 33.1 Å². The van der Waals surface area contributed by atoms with Crippen LogP contribution in [0.2, 0.25) is 0 Å². The van der Waals surface area contributed by atoms with Crippen molar-refractivity contribution in [3.8, 4) is 11.3 Å². The zero-order valence-corrected chi connectivity index (χ0v) is 16.0. The third-order valence-electron chi connectivity index (χ3n) is 4.11. The van der Waals surface area contributed by atoms with Crippen LogP contribution < -0.4 is 5.32 Å². The van der Waals surface area contributed by atoms with Crippen LogP contribution in [0.4, 0.5) is 5.13 Å². The molecule has 6 heteroatoms. The van der Waals surface area contributed by atoms with Crippen molar-refractivity contribution >= 4 is 28.2 Å². The SMILES string of the molecule is CC(=O)c1c[nH]c(C(=O)Nc2nc(-c3ccc(C(C)(C)C)cc3)cs2)c1. The minimum Gasteiger partial charge on any atom is -0.356 e. The smallest absolute Gasteiger partial charge is 0.273 e. The van der Waals surface area contributed by atoms with E-state index in [9.17, 15) is 9.59 Å². The summed E-state index contributed by atoms with van der Waals surface area (Å²) in [6.45, 7) is 7.99. The van der Waals surface area contributed by atoms with Gasteiger partial charge in [0.05, 0.1) is 5.69 Å². The highest BCUT2D eigenvalue weighted by Crippen LogP contribution is 2.28. The second kappa shape index (κ2) is 6.88. The van der Waals surface area contributed by atoms with Crippen molar-refractivity contribution in [3.63, 3.8) is 0 Å². The number of Topliss-reactive ketones (excluding diaryl/α,β-unsaturated/α-hetero) is 1. The van der Waals surface area contributed by atoms with Gasteiger partial charge in [0.2, 0.25) is 0 Å². The fourth-order valence-electron chi connectivity index (χ4n) is 2.50. The molecule has 2 aromatic heterocycles. The number of nitrogens with one attached hydrogen (secondary N) is 2. The molecule has 3 aromatic rings. The molecule has 1 amide bonds. The third-order valence-corrected chi connectivity index (χ3v) is 4.86. The van der Waals surface area contributed by atoms with Crippen molar-refractivity contribution in [3.05, 3.63) is 58.7 Å². The molecule has 2 heterocycles. The lowest BCUT2D eigenvalue weighted by molar-refractivity contribution is 0.101. The van der Waals surface area contributed by atoms with Crippen LogP contribution in [0, 0.1) is 0 Å². The Morgan fingerprint density at radius 3 is 2.42 bits per heavy atom. The molecule has 0 aliphatic heterocycles. The molecule has 1 aromatic carbocycles. The number of benzene rings is 1. The van der Waals surface area contributed by atoms with Crippen molar-refractivity contribution < 1.29 is 9.59 Å². The first-order chi connectivity index (χ1) is 12.2. The van der Waals surface area contributed by atoms with E-state index in [0.29, 0.717) is 16.4 Å². The lowest BCUT2D eigenvalue weighted by Crippen LogP contribution is -2.12. The number of H-pyrrole nitrogens is 1. The molecule has 3 rings (SSSR count). The fraction of sp³-hybridized carbons (Fsp3) is 0.250. The van der Waals surface area contributed by atoms with E-state index < -0.39 is 0 Å². The minimum absolute atomic E-state index is 0.0875. The summed E-state index contributed by atoms with van der Waals surface area (Å²) in [6.07, 6.45) is 1.53. The second-order valence-corrected chi connectivity index (χ2v) is 8.04. The molecule has 0 unspecified atom stereocenters. The lowest BCUT2D eigenvalue weighted by atomic mass is 9.86. The quantitative estimate of drug-likeness (QED) is 0.645. The van der Waals surface area contributed by atoms with Gasteiger partial charge in [-0.2, -0.15) is 0 Å². The number of hydrogen-bond acceptors (Lipinski definition) is 4. The standard InChI is InChI=1S/C20H21N3O2S/c1-12(24)14-9-16(21-10-14)18(25)23-19-22-17(11-26-19)13-5-7-15(8-6-13)20(2,3)4/h5-11,21H,1-4H3,(H,22,23,25). The number of thiazole rings is 1. The monoisotopic (exact) mass is 367 g/mol. The number of carbonyl (C=O) groups excluding carboxylic acids is 2. The van der Waals surface area contributed by atoms with Crippen molar-refractivity contribution in [2.75, 3.05) is 5.32 Å². The van der Waals surface area contributed by atoms with Crippen LogP contribution in [0.3, 0.4) is 0 Å². The van der Waals surface area contributed by atoms with Crippen LogP contribution in [0.5, 0.6) is 0 Å². The van der Waals surface area contributed by atoms with Crippen LogP contribution in [0.25, 0.3) is 11.3 Å². The van der Waals surface area contributed by atoms with Gasteiger partial charge in [-0.3, -0.25) is 14.9 Å². The van der Waals surface area contributed by atoms with E-state index >= 15 is 0 Å². The molecule has 0 saturated carbocycles. The second-order valence-electron chi connectivity index (χ2n) is 7.18. The number of anilines is 1. The van der Waals surface area contributed by atoms with Crippen LogP contribution in [0.1, 0.15) is 54.1 Å². The first kappa shape index (κ1) is 18.1. The van der Waals surface area contributed by atoms with Gasteiger partial charge in [0.15, 0.2) is 10.9 Å². The number of amides is 1. The molecule has 26 heavy (non-hydrogen) atoms. The molecule has 0 aliphatic carbocycles. The highest BCUT2D eigenvalue weighted by Gasteiger charge is 2.15. The summed E-state index contributed by atoms with van der Waals surface area (Å²) in [7, 11) is 0. The maximum atomic E-state index is 12.3. The van der Waals surface area contributed by atoms with Gasteiger partial charge in [0, 0.05) is 22.7 Å². The third kappa shape index (κ3) is 3.91. The predicted molar refractivity (Wildman–Crippen MR) is 105 cm³/mol. The molecule has 0 radical (unpaired) electrons. The van der Waals surface area contributed by atoms with Crippen molar-refractivity contribution in [1.29, 1.82) is 0 Å². The molecule has 5 nitrogen and oxygen atoms in total. The van der Waals surface area contributed by atoms with Crippen molar-refractivity contribution in [1.82, 2.24) is 9.97 Å². The van der Waals surface area contributed by atoms with Crippen LogP contribution >= 0.6 is 11.3 Å². The molecule has 134 valence electrons. The first-order valence-electron chi connectivity index (χ1n) is 8.31. The topological polar surface area (TPSA) is 74.8 Å². The molecule has 0 fully saturated rings. The summed E-state index contributed by atoms with van der Waals surface area (Å²) in [5.74, 6) is -0.406. The molecule has 0 atom stereocenters. The summed E-state index contributed by atoms with van der Waals surface area (Å²) in [5, 5.41) is 5.19. The molecule has 0 bridgehead atoms. The van der Waals surface area contributed by atoms with Gasteiger partial charge in [-0.15, -0.1) is 11.3 Å². The highest BCUT2D eigenvalue weighted by atomic mass is 32.1. The number of rotatable bonds is 4. The Balaban J connectivity index is 1.73. The Labute approximate surface area is 156 Å². The summed E-state index contributed by atoms with van der Waals surface area (Å²) < 4.78 is 0. The van der Waals surface area contributed by atoms with Gasteiger partial charge in [0.25, 0.3) is 5.91 Å². The van der Waals surface area contributed by atoms with Crippen LogP contribution in [0.15, 0.2) is 41.9 Å². The van der Waals surface area contributed by atoms with E-state index in [1.165, 1.54) is 36.1 Å². The maximum Gasteiger partial charge on any atom is 0.273 e. The highest BCUT2D eigenvalue weighted by molar-refractivity contribution is 7.14.